The number of phenolic OH excluding ortho intramolecular Hbond substituents is 1. The number of rotatable bonds is 4. The summed E-state index contributed by atoms with van der Waals surface area (Å²) in [5.41, 5.74) is 3.90. The van der Waals surface area contributed by atoms with Crippen LogP contribution in [0.5, 0.6) is 5.75 Å². The Bertz CT molecular complexity index is 1580. The molecule has 3 N–H and O–H groups in total. The van der Waals surface area contributed by atoms with Crippen molar-refractivity contribution in [1.29, 1.82) is 0 Å². The van der Waals surface area contributed by atoms with Crippen LogP contribution in [0.25, 0.3) is 22.4 Å². The highest BCUT2D eigenvalue weighted by molar-refractivity contribution is 6.10. The maximum atomic E-state index is 15.1. The van der Waals surface area contributed by atoms with Crippen LogP contribution in [0.3, 0.4) is 0 Å². The third kappa shape index (κ3) is 3.20. The normalized spacial score (nSPS) is 19.7. The molecule has 1 fully saturated rings. The van der Waals surface area contributed by atoms with Crippen LogP contribution >= 0.6 is 0 Å². The van der Waals surface area contributed by atoms with Crippen LogP contribution in [0.2, 0.25) is 0 Å². The molecule has 1 spiro atoms. The van der Waals surface area contributed by atoms with Crippen LogP contribution in [-0.2, 0) is 10.2 Å². The Morgan fingerprint density at radius 1 is 1.08 bits per heavy atom. The third-order valence-electron chi connectivity index (χ3n) is 7.35. The van der Waals surface area contributed by atoms with Gasteiger partial charge in [0.05, 0.1) is 16.7 Å². The number of benzene rings is 3. The van der Waals surface area contributed by atoms with Gasteiger partial charge >= 0.3 is 5.97 Å². The smallest absolute Gasteiger partial charge is 0.335 e. The lowest BCUT2D eigenvalue weighted by Crippen LogP contribution is -2.21. The minimum Gasteiger partial charge on any atom is -0.507 e. The molecule has 1 aliphatic carbocycles. The average molecular weight is 480 g/mol. The largest absolute Gasteiger partial charge is 0.507 e. The molecule has 2 unspecified atom stereocenters. The van der Waals surface area contributed by atoms with E-state index in [2.05, 4.69) is 10.3 Å². The fourth-order valence-electron chi connectivity index (χ4n) is 5.33. The molecule has 2 aliphatic rings. The van der Waals surface area contributed by atoms with E-state index in [9.17, 15) is 19.8 Å². The molecule has 4 aromatic rings. The first kappa shape index (κ1) is 22.0. The summed E-state index contributed by atoms with van der Waals surface area (Å²) < 4.78 is 15.1. The van der Waals surface area contributed by atoms with Gasteiger partial charge in [0.25, 0.3) is 0 Å². The molecule has 7 heteroatoms. The fourth-order valence-corrected chi connectivity index (χ4v) is 5.33. The molecule has 2 heterocycles. The molecule has 0 saturated heterocycles. The molecule has 1 aromatic heterocycles. The minimum absolute atomic E-state index is 0.129. The van der Waals surface area contributed by atoms with Gasteiger partial charge in [0.15, 0.2) is 0 Å². The van der Waals surface area contributed by atoms with Crippen LogP contribution in [0.1, 0.15) is 39.4 Å². The predicted octanol–water partition coefficient (Wildman–Crippen LogP) is 5.64. The maximum Gasteiger partial charge on any atom is 0.335 e. The first-order chi connectivity index (χ1) is 17.3. The van der Waals surface area contributed by atoms with Gasteiger partial charge in [0.1, 0.15) is 11.6 Å². The zero-order valence-corrected chi connectivity index (χ0v) is 19.2. The van der Waals surface area contributed by atoms with Crippen LogP contribution in [-0.4, -0.2) is 27.1 Å². The lowest BCUT2D eigenvalue weighted by Gasteiger charge is -2.12. The molecular weight excluding hydrogens is 459 g/mol. The number of para-hydroxylation sites is 1. The molecule has 0 radical (unpaired) electrons. The molecule has 6 rings (SSSR count). The van der Waals surface area contributed by atoms with Gasteiger partial charge in [0.2, 0.25) is 5.91 Å². The average Bonchev–Trinajstić information content (AvgIpc) is 3.55. The number of pyridine rings is 1. The van der Waals surface area contributed by atoms with Gasteiger partial charge in [-0.3, -0.25) is 9.78 Å². The van der Waals surface area contributed by atoms with Crippen molar-refractivity contribution in [3.63, 3.8) is 0 Å². The Kier molecular flexibility index (Phi) is 4.73. The van der Waals surface area contributed by atoms with E-state index in [-0.39, 0.29) is 28.7 Å². The van der Waals surface area contributed by atoms with Gasteiger partial charge in [-0.1, -0.05) is 36.4 Å². The lowest BCUT2D eigenvalue weighted by molar-refractivity contribution is -0.118. The number of aryl methyl sites for hydroxylation is 1. The molecule has 3 aromatic carbocycles. The van der Waals surface area contributed by atoms with Crippen molar-refractivity contribution in [2.24, 2.45) is 0 Å². The number of carbonyl (C=O) groups is 2. The maximum absolute atomic E-state index is 15.1. The summed E-state index contributed by atoms with van der Waals surface area (Å²) in [7, 11) is 0. The molecule has 178 valence electrons. The van der Waals surface area contributed by atoms with Crippen LogP contribution < -0.4 is 5.32 Å². The number of carbonyl (C=O) groups excluding carboxylic acids is 1. The molecule has 0 bridgehead atoms. The predicted molar refractivity (Wildman–Crippen MR) is 133 cm³/mol. The van der Waals surface area contributed by atoms with E-state index in [0.29, 0.717) is 40.1 Å². The van der Waals surface area contributed by atoms with Crippen molar-refractivity contribution in [2.75, 3.05) is 5.32 Å². The molecule has 1 saturated carbocycles. The topological polar surface area (TPSA) is 99.5 Å². The Morgan fingerprint density at radius 2 is 1.89 bits per heavy atom. The van der Waals surface area contributed by atoms with E-state index in [1.807, 2.05) is 12.1 Å². The van der Waals surface area contributed by atoms with Crippen LogP contribution in [0, 0.1) is 12.7 Å². The van der Waals surface area contributed by atoms with E-state index in [1.165, 1.54) is 6.07 Å². The Morgan fingerprint density at radius 3 is 2.61 bits per heavy atom. The fraction of sp³-hybridized carbons (Fsp3) is 0.138. The second kappa shape index (κ2) is 7.75. The van der Waals surface area contributed by atoms with Gasteiger partial charge in [-0.05, 0) is 60.4 Å². The van der Waals surface area contributed by atoms with Gasteiger partial charge in [-0.15, -0.1) is 0 Å². The van der Waals surface area contributed by atoms with Gasteiger partial charge in [-0.25, -0.2) is 9.18 Å². The summed E-state index contributed by atoms with van der Waals surface area (Å²) in [6.07, 6.45) is 2.09. The third-order valence-corrected chi connectivity index (χ3v) is 7.35. The first-order valence-electron chi connectivity index (χ1n) is 11.5. The van der Waals surface area contributed by atoms with Crippen molar-refractivity contribution in [3.8, 4) is 28.1 Å². The summed E-state index contributed by atoms with van der Waals surface area (Å²) in [5.74, 6) is -1.80. The summed E-state index contributed by atoms with van der Waals surface area (Å²) in [5, 5.41) is 22.4. The van der Waals surface area contributed by atoms with E-state index in [0.717, 1.165) is 5.56 Å². The van der Waals surface area contributed by atoms with E-state index in [4.69, 9.17) is 0 Å². The Hall–Kier alpha value is -4.52. The molecular formula is C29H21FN2O4. The number of anilines is 1. The van der Waals surface area contributed by atoms with Gasteiger partial charge < -0.3 is 15.5 Å². The van der Waals surface area contributed by atoms with Crippen molar-refractivity contribution in [3.05, 3.63) is 101 Å². The second-order valence-corrected chi connectivity index (χ2v) is 9.39. The van der Waals surface area contributed by atoms with Crippen LogP contribution in [0.15, 0.2) is 72.9 Å². The highest BCUT2D eigenvalue weighted by Crippen LogP contribution is 2.65. The zero-order valence-electron chi connectivity index (χ0n) is 19.2. The number of fused-ring (bicyclic) bond motifs is 2. The summed E-state index contributed by atoms with van der Waals surface area (Å²) in [6, 6.07) is 18.6. The number of nitrogens with one attached hydrogen (secondary N) is 1. The minimum atomic E-state index is -1.01. The monoisotopic (exact) mass is 480 g/mol. The Labute approximate surface area is 206 Å². The molecule has 6 nitrogen and oxygen atoms in total. The number of aromatic hydroxyl groups is 1. The van der Waals surface area contributed by atoms with Gasteiger partial charge in [-0.2, -0.15) is 0 Å². The zero-order chi connectivity index (χ0) is 25.2. The van der Waals surface area contributed by atoms with Crippen molar-refractivity contribution < 1.29 is 24.2 Å². The van der Waals surface area contributed by atoms with Crippen LogP contribution in [0.4, 0.5) is 10.1 Å². The molecule has 2 atom stereocenters. The first-order valence-corrected chi connectivity index (χ1v) is 11.5. The SMILES string of the molecule is Cc1ccc(C2CC23C(=O)Nc2cc(F)c(-c4ccc(-c5ccccc5O)cn4)cc23)cc1C(=O)O. The number of aromatic carboxylic acids is 1. The second-order valence-electron chi connectivity index (χ2n) is 9.39. The molecule has 1 aliphatic heterocycles. The van der Waals surface area contributed by atoms with E-state index < -0.39 is 17.2 Å². The number of carboxylic acid groups (broad SMARTS) is 1. The summed E-state index contributed by atoms with van der Waals surface area (Å²) in [4.78, 5) is 29.1. The summed E-state index contributed by atoms with van der Waals surface area (Å²) in [6.45, 7) is 1.74. The quantitative estimate of drug-likeness (QED) is 0.351. The number of amides is 1. The highest BCUT2D eigenvalue weighted by atomic mass is 19.1. The molecule has 36 heavy (non-hydrogen) atoms. The number of halogens is 1. The van der Waals surface area contributed by atoms with Crippen molar-refractivity contribution in [2.45, 2.75) is 24.7 Å². The Balaban J connectivity index is 1.38. The number of aromatic nitrogens is 1. The van der Waals surface area contributed by atoms with E-state index in [1.54, 1.807) is 61.7 Å². The number of hydrogen-bond donors (Lipinski definition) is 3. The number of carboxylic acids is 1. The molecule has 1 amide bonds. The van der Waals surface area contributed by atoms with Gasteiger partial charge in [0, 0.05) is 34.5 Å². The number of phenols is 1. The van der Waals surface area contributed by atoms with Crippen molar-refractivity contribution in [1.82, 2.24) is 4.98 Å². The number of nitrogens with zero attached hydrogens (tertiary/aromatic N) is 1. The number of hydrogen-bond acceptors (Lipinski definition) is 4. The van der Waals surface area contributed by atoms with Crippen molar-refractivity contribution >= 4 is 17.6 Å². The van der Waals surface area contributed by atoms with E-state index >= 15 is 4.39 Å². The summed E-state index contributed by atoms with van der Waals surface area (Å²) >= 11 is 0. The standard InChI is InChI=1S/C29H21FN2O4/c1-15-6-7-16(10-19(15)27(34)35)22-13-29(22)21-11-20(23(30)12-25(21)32-28(29)36)24-9-8-17(14-31-24)18-4-2-3-5-26(18)33/h2-12,14,22,33H,13H2,1H3,(H,32,36)(H,34,35). The lowest BCUT2D eigenvalue weighted by atomic mass is 9.89. The highest BCUT2D eigenvalue weighted by Gasteiger charge is 2.65.